The number of carbonyl (C=O) groups excluding carboxylic acids is 1. The lowest BCUT2D eigenvalue weighted by Gasteiger charge is -2.65. The molecule has 4 saturated carbocycles. The standard InChI is InChI=1S/C24H33ClN6O7S/c1-22-3-12-4-23(2,8-22)10-24(5-12,9-22)30-18-15-19(29-21(25)28-18)31(11-27-15)20-17(34)16(33)13(38-20)6-26-14(32)7-39(35,36)37/h11-13,16-17,20,33-34H,3-10H2,1-2H3,(H,26,32)(H,28,29,30)(H,35,36,37)/t12?,13?,16?,17?,20?,22-,23+,24?. The zero-order valence-corrected chi connectivity index (χ0v) is 23.2. The molecule has 0 aromatic carbocycles. The van der Waals surface area contributed by atoms with Gasteiger partial charge in [-0.15, -0.1) is 0 Å². The predicted octanol–water partition coefficient (Wildman–Crippen LogP) is 1.26. The van der Waals surface area contributed by atoms with Gasteiger partial charge in [-0.1, -0.05) is 13.8 Å². The lowest BCUT2D eigenvalue weighted by molar-refractivity contribution is -0.119. The molecule has 5 aliphatic rings. The fourth-order valence-corrected chi connectivity index (χ4v) is 9.16. The fraction of sp³-hybridized carbons (Fsp3) is 0.750. The maximum atomic E-state index is 11.8. The number of nitrogens with zero attached hydrogens (tertiary/aromatic N) is 4. The second-order valence-corrected chi connectivity index (χ2v) is 14.6. The van der Waals surface area contributed by atoms with E-state index in [1.165, 1.54) is 30.2 Å². The van der Waals surface area contributed by atoms with Crippen molar-refractivity contribution in [1.29, 1.82) is 0 Å². The van der Waals surface area contributed by atoms with Gasteiger partial charge in [0.05, 0.1) is 6.33 Å². The molecular formula is C24H33ClN6O7S. The summed E-state index contributed by atoms with van der Waals surface area (Å²) in [5.74, 6) is -0.922. The normalized spacial score (nSPS) is 39.4. The Morgan fingerprint density at radius 2 is 1.85 bits per heavy atom. The van der Waals surface area contributed by atoms with Crippen LogP contribution in [0.2, 0.25) is 5.28 Å². The van der Waals surface area contributed by atoms with Crippen molar-refractivity contribution < 1.29 is 32.7 Å². The molecule has 1 aliphatic heterocycles. The monoisotopic (exact) mass is 584 g/mol. The Balaban J connectivity index is 1.25. The van der Waals surface area contributed by atoms with Crippen LogP contribution in [0.15, 0.2) is 6.33 Å². The SMILES string of the molecule is C[C@]12CC3CC(Nc4nc(Cl)nc5c4ncn5C4OC(CNC(=O)CS(=O)(=O)O)C(O)C4O)(C1)C[C@@](C)(C3)C2. The molecule has 8 atom stereocenters. The van der Waals surface area contributed by atoms with Crippen molar-refractivity contribution in [2.45, 2.75) is 82.5 Å². The highest BCUT2D eigenvalue weighted by molar-refractivity contribution is 7.86. The van der Waals surface area contributed by atoms with E-state index in [4.69, 9.17) is 20.9 Å². The van der Waals surface area contributed by atoms with Crippen LogP contribution in [0.5, 0.6) is 0 Å². The summed E-state index contributed by atoms with van der Waals surface area (Å²) in [5.41, 5.74) is 1.20. The highest BCUT2D eigenvalue weighted by Crippen LogP contribution is 2.66. The Kier molecular flexibility index (Phi) is 6.22. The van der Waals surface area contributed by atoms with Crippen molar-refractivity contribution in [1.82, 2.24) is 24.8 Å². The van der Waals surface area contributed by atoms with Gasteiger partial charge in [-0.3, -0.25) is 13.9 Å². The molecule has 13 nitrogen and oxygen atoms in total. The van der Waals surface area contributed by atoms with E-state index in [1.54, 1.807) is 0 Å². The third kappa shape index (κ3) is 4.99. The van der Waals surface area contributed by atoms with Gasteiger partial charge in [0, 0.05) is 12.1 Å². The molecule has 214 valence electrons. The quantitative estimate of drug-likeness (QED) is 0.233. The third-order valence-electron chi connectivity index (χ3n) is 8.83. The van der Waals surface area contributed by atoms with Crippen molar-refractivity contribution in [2.24, 2.45) is 16.7 Å². The van der Waals surface area contributed by atoms with Gasteiger partial charge in [-0.05, 0) is 66.9 Å². The van der Waals surface area contributed by atoms with Crippen LogP contribution in [-0.2, 0) is 19.6 Å². The lowest BCUT2D eigenvalue weighted by Crippen LogP contribution is -2.61. The number of halogens is 1. The largest absolute Gasteiger partial charge is 0.387 e. The van der Waals surface area contributed by atoms with Crippen LogP contribution in [0.3, 0.4) is 0 Å². The summed E-state index contributed by atoms with van der Waals surface area (Å²) in [6.07, 6.45) is 3.32. The summed E-state index contributed by atoms with van der Waals surface area (Å²) in [7, 11) is -4.51. The minimum absolute atomic E-state index is 0.00374. The van der Waals surface area contributed by atoms with E-state index in [-0.39, 0.29) is 28.2 Å². The summed E-state index contributed by atoms with van der Waals surface area (Å²) >= 11 is 6.36. The number of aliphatic hydroxyl groups is 2. The zero-order chi connectivity index (χ0) is 28.0. The van der Waals surface area contributed by atoms with Crippen LogP contribution >= 0.6 is 11.6 Å². The number of hydrogen-bond donors (Lipinski definition) is 5. The van der Waals surface area contributed by atoms with Gasteiger partial charge in [-0.25, -0.2) is 4.98 Å². The van der Waals surface area contributed by atoms with Gasteiger partial charge < -0.3 is 25.6 Å². The predicted molar refractivity (Wildman–Crippen MR) is 139 cm³/mol. The first-order chi connectivity index (χ1) is 18.2. The minimum Gasteiger partial charge on any atom is -0.387 e. The molecule has 4 bridgehead atoms. The van der Waals surface area contributed by atoms with Crippen LogP contribution in [-0.4, -0.2) is 84.8 Å². The molecule has 0 spiro atoms. The van der Waals surface area contributed by atoms with Crippen molar-refractivity contribution in [2.75, 3.05) is 17.6 Å². The lowest BCUT2D eigenvalue weighted by atomic mass is 9.43. The molecule has 2 aromatic rings. The van der Waals surface area contributed by atoms with E-state index >= 15 is 0 Å². The Morgan fingerprint density at radius 1 is 1.15 bits per heavy atom. The van der Waals surface area contributed by atoms with Gasteiger partial charge in [0.2, 0.25) is 11.2 Å². The van der Waals surface area contributed by atoms with Crippen molar-refractivity contribution in [3.05, 3.63) is 11.6 Å². The molecule has 5 N–H and O–H groups in total. The first kappa shape index (κ1) is 27.1. The number of nitrogens with one attached hydrogen (secondary N) is 2. The molecule has 1 amide bonds. The van der Waals surface area contributed by atoms with E-state index in [0.717, 1.165) is 19.3 Å². The summed E-state index contributed by atoms with van der Waals surface area (Å²) < 4.78 is 37.9. The van der Waals surface area contributed by atoms with Crippen molar-refractivity contribution in [3.8, 4) is 0 Å². The molecule has 0 radical (unpaired) electrons. The molecule has 15 heteroatoms. The zero-order valence-electron chi connectivity index (χ0n) is 21.7. The van der Waals surface area contributed by atoms with Crippen LogP contribution in [0.4, 0.5) is 5.82 Å². The number of carbonyl (C=O) groups is 1. The number of anilines is 1. The molecule has 3 heterocycles. The average Bonchev–Trinajstić information content (AvgIpc) is 3.29. The van der Waals surface area contributed by atoms with E-state index < -0.39 is 46.3 Å². The number of aliphatic hydroxyl groups excluding tert-OH is 2. The third-order valence-corrected chi connectivity index (χ3v) is 9.63. The highest BCUT2D eigenvalue weighted by Gasteiger charge is 2.60. The van der Waals surface area contributed by atoms with Crippen LogP contribution in [0, 0.1) is 16.7 Å². The van der Waals surface area contributed by atoms with Crippen LogP contribution in [0.1, 0.15) is 58.6 Å². The first-order valence-corrected chi connectivity index (χ1v) is 15.1. The molecule has 5 fully saturated rings. The summed E-state index contributed by atoms with van der Waals surface area (Å²) in [6, 6.07) is 0. The number of hydrogen-bond acceptors (Lipinski definition) is 10. The summed E-state index contributed by atoms with van der Waals surface area (Å²) in [4.78, 5) is 25.1. The average molecular weight is 585 g/mol. The smallest absolute Gasteiger partial charge is 0.274 e. The Bertz CT molecular complexity index is 1420. The molecule has 4 aliphatic carbocycles. The molecule has 2 aromatic heterocycles. The second-order valence-electron chi connectivity index (χ2n) is 12.8. The summed E-state index contributed by atoms with van der Waals surface area (Å²) in [5, 5.41) is 27.3. The van der Waals surface area contributed by atoms with Gasteiger partial charge >= 0.3 is 0 Å². The number of ether oxygens (including phenoxy) is 1. The summed E-state index contributed by atoms with van der Waals surface area (Å²) in [6.45, 7) is 4.48. The van der Waals surface area contributed by atoms with E-state index in [0.29, 0.717) is 22.9 Å². The first-order valence-electron chi connectivity index (χ1n) is 13.1. The number of aromatic nitrogens is 4. The Hall–Kier alpha value is -2.10. The molecule has 6 unspecified atom stereocenters. The highest BCUT2D eigenvalue weighted by atomic mass is 35.5. The van der Waals surface area contributed by atoms with E-state index in [1.807, 2.05) is 0 Å². The number of fused-ring (bicyclic) bond motifs is 1. The topological polar surface area (TPSA) is 189 Å². The van der Waals surface area contributed by atoms with Crippen molar-refractivity contribution in [3.63, 3.8) is 0 Å². The van der Waals surface area contributed by atoms with Gasteiger partial charge in [0.1, 0.15) is 18.3 Å². The number of amides is 1. The van der Waals surface area contributed by atoms with Gasteiger partial charge in [-0.2, -0.15) is 18.4 Å². The Labute approximate surface area is 230 Å². The molecule has 1 saturated heterocycles. The van der Waals surface area contributed by atoms with Crippen LogP contribution < -0.4 is 10.6 Å². The van der Waals surface area contributed by atoms with Gasteiger partial charge in [0.15, 0.2) is 29.0 Å². The number of rotatable bonds is 7. The second kappa shape index (κ2) is 8.95. The van der Waals surface area contributed by atoms with Crippen molar-refractivity contribution >= 4 is 44.6 Å². The molecular weight excluding hydrogens is 552 g/mol. The maximum Gasteiger partial charge on any atom is 0.274 e. The minimum atomic E-state index is -4.51. The molecule has 39 heavy (non-hydrogen) atoms. The number of imidazole rings is 1. The fourth-order valence-electron chi connectivity index (χ4n) is 8.56. The molecule has 7 rings (SSSR count). The Morgan fingerprint density at radius 3 is 2.49 bits per heavy atom. The van der Waals surface area contributed by atoms with E-state index in [9.17, 15) is 23.4 Å². The maximum absolute atomic E-state index is 11.8. The van der Waals surface area contributed by atoms with Gasteiger partial charge in [0.25, 0.3) is 10.1 Å². The van der Waals surface area contributed by atoms with Crippen LogP contribution in [0.25, 0.3) is 11.2 Å². The van der Waals surface area contributed by atoms with E-state index in [2.05, 4.69) is 39.4 Å².